The van der Waals surface area contributed by atoms with Crippen LogP contribution < -0.4 is 10.6 Å². The monoisotopic (exact) mass is 263 g/mol. The van der Waals surface area contributed by atoms with Crippen molar-refractivity contribution in [2.24, 2.45) is 5.92 Å². The summed E-state index contributed by atoms with van der Waals surface area (Å²) in [5, 5.41) is 0. The van der Waals surface area contributed by atoms with Crippen LogP contribution in [-0.2, 0) is 9.53 Å². The third-order valence-electron chi connectivity index (χ3n) is 3.49. The zero-order chi connectivity index (χ0) is 13.8. The first kappa shape index (κ1) is 13.6. The molecule has 0 bridgehead atoms. The number of piperidine rings is 1. The van der Waals surface area contributed by atoms with Crippen molar-refractivity contribution in [1.82, 2.24) is 4.98 Å². The number of carbonyl (C=O) groups excluding carboxylic acids is 1. The molecular formula is C14H21N3O2. The summed E-state index contributed by atoms with van der Waals surface area (Å²) in [7, 11) is 0. The van der Waals surface area contributed by atoms with Crippen LogP contribution in [0.4, 0.5) is 11.5 Å². The van der Waals surface area contributed by atoms with Gasteiger partial charge < -0.3 is 15.4 Å². The van der Waals surface area contributed by atoms with E-state index < -0.39 is 0 Å². The highest BCUT2D eigenvalue weighted by molar-refractivity contribution is 5.73. The number of rotatable bonds is 3. The van der Waals surface area contributed by atoms with Gasteiger partial charge in [0.15, 0.2) is 0 Å². The molecule has 1 saturated heterocycles. The third kappa shape index (κ3) is 3.16. The van der Waals surface area contributed by atoms with E-state index in [1.165, 1.54) is 0 Å². The Hall–Kier alpha value is -1.78. The van der Waals surface area contributed by atoms with Crippen LogP contribution in [0.5, 0.6) is 0 Å². The van der Waals surface area contributed by atoms with Crippen LogP contribution >= 0.6 is 0 Å². The summed E-state index contributed by atoms with van der Waals surface area (Å²) < 4.78 is 5.11. The molecular weight excluding hydrogens is 242 g/mol. The SMILES string of the molecule is CCOC(=O)C1CCCN(c2cnc(N)cc2C)C1. The van der Waals surface area contributed by atoms with E-state index in [0.29, 0.717) is 19.0 Å². The van der Waals surface area contributed by atoms with Crippen LogP contribution in [0.15, 0.2) is 12.3 Å². The van der Waals surface area contributed by atoms with Gasteiger partial charge in [-0.3, -0.25) is 4.79 Å². The predicted octanol–water partition coefficient (Wildman–Crippen LogP) is 1.75. The minimum atomic E-state index is -0.0896. The molecule has 0 aliphatic carbocycles. The second-order valence-corrected chi connectivity index (χ2v) is 4.93. The molecule has 0 amide bonds. The molecule has 5 nitrogen and oxygen atoms in total. The van der Waals surface area contributed by atoms with E-state index in [9.17, 15) is 4.79 Å². The van der Waals surface area contributed by atoms with E-state index in [1.807, 2.05) is 19.9 Å². The van der Waals surface area contributed by atoms with Gasteiger partial charge in [-0.05, 0) is 38.3 Å². The number of nitrogens with zero attached hydrogens (tertiary/aromatic N) is 2. The van der Waals surface area contributed by atoms with Crippen molar-refractivity contribution >= 4 is 17.5 Å². The average Bonchev–Trinajstić information content (AvgIpc) is 2.39. The summed E-state index contributed by atoms with van der Waals surface area (Å²) in [5.41, 5.74) is 7.82. The molecule has 2 N–H and O–H groups in total. The van der Waals surface area contributed by atoms with Gasteiger partial charge in [0.1, 0.15) is 5.82 Å². The normalized spacial score (nSPS) is 19.3. The maximum Gasteiger partial charge on any atom is 0.310 e. The molecule has 1 aromatic heterocycles. The number of pyridine rings is 1. The zero-order valence-electron chi connectivity index (χ0n) is 11.6. The van der Waals surface area contributed by atoms with Gasteiger partial charge in [0.05, 0.1) is 24.4 Å². The number of esters is 1. The van der Waals surface area contributed by atoms with E-state index in [4.69, 9.17) is 10.5 Å². The maximum absolute atomic E-state index is 11.8. The van der Waals surface area contributed by atoms with Gasteiger partial charge >= 0.3 is 5.97 Å². The highest BCUT2D eigenvalue weighted by atomic mass is 16.5. The van der Waals surface area contributed by atoms with Crippen molar-refractivity contribution in [2.45, 2.75) is 26.7 Å². The predicted molar refractivity (Wildman–Crippen MR) is 75.0 cm³/mol. The van der Waals surface area contributed by atoms with Crippen LogP contribution in [0.25, 0.3) is 0 Å². The second-order valence-electron chi connectivity index (χ2n) is 4.93. The molecule has 19 heavy (non-hydrogen) atoms. The first-order valence-electron chi connectivity index (χ1n) is 6.75. The van der Waals surface area contributed by atoms with Gasteiger partial charge in [0.25, 0.3) is 0 Å². The molecule has 1 aromatic rings. The molecule has 0 saturated carbocycles. The molecule has 0 spiro atoms. The average molecular weight is 263 g/mol. The molecule has 1 atom stereocenters. The lowest BCUT2D eigenvalue weighted by molar-refractivity contribution is -0.148. The van der Waals surface area contributed by atoms with Crippen LogP contribution in [0.2, 0.25) is 0 Å². The Bertz CT molecular complexity index is 462. The Morgan fingerprint density at radius 3 is 3.11 bits per heavy atom. The number of hydrogen-bond acceptors (Lipinski definition) is 5. The molecule has 1 aliphatic heterocycles. The van der Waals surface area contributed by atoms with Gasteiger partial charge in [-0.2, -0.15) is 0 Å². The third-order valence-corrected chi connectivity index (χ3v) is 3.49. The van der Waals surface area contributed by atoms with Gasteiger partial charge in [-0.25, -0.2) is 4.98 Å². The second kappa shape index (κ2) is 5.91. The van der Waals surface area contributed by atoms with Crippen LogP contribution in [0.1, 0.15) is 25.3 Å². The van der Waals surface area contributed by atoms with Crippen molar-refractivity contribution in [3.05, 3.63) is 17.8 Å². The van der Waals surface area contributed by atoms with Crippen LogP contribution in [-0.4, -0.2) is 30.6 Å². The maximum atomic E-state index is 11.8. The fraction of sp³-hybridized carbons (Fsp3) is 0.571. The molecule has 0 aromatic carbocycles. The van der Waals surface area contributed by atoms with E-state index in [1.54, 1.807) is 6.20 Å². The summed E-state index contributed by atoms with van der Waals surface area (Å²) in [6, 6.07) is 1.86. The number of anilines is 2. The summed E-state index contributed by atoms with van der Waals surface area (Å²) >= 11 is 0. The van der Waals surface area contributed by atoms with Crippen LogP contribution in [0.3, 0.4) is 0 Å². The number of aryl methyl sites for hydroxylation is 1. The zero-order valence-corrected chi connectivity index (χ0v) is 11.6. The molecule has 5 heteroatoms. The van der Waals surface area contributed by atoms with Crippen molar-refractivity contribution in [1.29, 1.82) is 0 Å². The Balaban J connectivity index is 2.10. The summed E-state index contributed by atoms with van der Waals surface area (Å²) in [5.74, 6) is 0.402. The number of hydrogen-bond donors (Lipinski definition) is 1. The van der Waals surface area contributed by atoms with Gasteiger partial charge in [-0.15, -0.1) is 0 Å². The Labute approximate surface area is 113 Å². The van der Waals surface area contributed by atoms with Crippen molar-refractivity contribution in [3.63, 3.8) is 0 Å². The van der Waals surface area contributed by atoms with E-state index in [-0.39, 0.29) is 11.9 Å². The fourth-order valence-electron chi connectivity index (χ4n) is 2.55. The largest absolute Gasteiger partial charge is 0.466 e. The Morgan fingerprint density at radius 1 is 1.63 bits per heavy atom. The summed E-state index contributed by atoms with van der Waals surface area (Å²) in [6.07, 6.45) is 3.68. The molecule has 1 fully saturated rings. The van der Waals surface area contributed by atoms with E-state index >= 15 is 0 Å². The standard InChI is InChI=1S/C14H21N3O2/c1-3-19-14(18)11-5-4-6-17(9-11)12-8-16-13(15)7-10(12)2/h7-8,11H,3-6,9H2,1-2H3,(H2,15,16). The summed E-state index contributed by atoms with van der Waals surface area (Å²) in [6.45, 7) is 5.94. The smallest absolute Gasteiger partial charge is 0.310 e. The molecule has 104 valence electrons. The quantitative estimate of drug-likeness (QED) is 0.841. The van der Waals surface area contributed by atoms with E-state index in [2.05, 4.69) is 9.88 Å². The number of ether oxygens (including phenoxy) is 1. The minimum Gasteiger partial charge on any atom is -0.466 e. The van der Waals surface area contributed by atoms with Gasteiger partial charge in [0.2, 0.25) is 0 Å². The highest BCUT2D eigenvalue weighted by Crippen LogP contribution is 2.26. The number of aromatic nitrogens is 1. The highest BCUT2D eigenvalue weighted by Gasteiger charge is 2.27. The first-order chi connectivity index (χ1) is 9.11. The number of nitrogens with two attached hydrogens (primary N) is 1. The van der Waals surface area contributed by atoms with Gasteiger partial charge in [0, 0.05) is 13.1 Å². The lowest BCUT2D eigenvalue weighted by Gasteiger charge is -2.33. The summed E-state index contributed by atoms with van der Waals surface area (Å²) in [4.78, 5) is 18.2. The lowest BCUT2D eigenvalue weighted by Crippen LogP contribution is -2.39. The molecule has 1 unspecified atom stereocenters. The fourth-order valence-corrected chi connectivity index (χ4v) is 2.55. The molecule has 1 aliphatic rings. The number of carbonyl (C=O) groups is 1. The minimum absolute atomic E-state index is 0.0364. The molecule has 2 rings (SSSR count). The molecule has 0 radical (unpaired) electrons. The lowest BCUT2D eigenvalue weighted by atomic mass is 9.97. The molecule has 2 heterocycles. The van der Waals surface area contributed by atoms with E-state index in [0.717, 1.165) is 30.6 Å². The van der Waals surface area contributed by atoms with Gasteiger partial charge in [-0.1, -0.05) is 0 Å². The topological polar surface area (TPSA) is 68.5 Å². The Kier molecular flexibility index (Phi) is 4.24. The van der Waals surface area contributed by atoms with Crippen molar-refractivity contribution in [3.8, 4) is 0 Å². The Morgan fingerprint density at radius 2 is 2.42 bits per heavy atom. The van der Waals surface area contributed by atoms with Crippen LogP contribution in [0, 0.1) is 12.8 Å². The first-order valence-corrected chi connectivity index (χ1v) is 6.75. The van der Waals surface area contributed by atoms with Crippen molar-refractivity contribution < 1.29 is 9.53 Å². The van der Waals surface area contributed by atoms with Crippen molar-refractivity contribution in [2.75, 3.05) is 30.3 Å². The number of nitrogen functional groups attached to an aromatic ring is 1.